The Hall–Kier alpha value is -3.68. The molecule has 1 aliphatic rings. The van der Waals surface area contributed by atoms with Crippen LogP contribution in [0, 0.1) is 0 Å². The zero-order chi connectivity index (χ0) is 22.3. The average molecular weight is 434 g/mol. The zero-order valence-corrected chi connectivity index (χ0v) is 17.9. The van der Waals surface area contributed by atoms with Crippen molar-refractivity contribution in [2.75, 3.05) is 13.7 Å². The number of aromatic nitrogens is 3. The van der Waals surface area contributed by atoms with Gasteiger partial charge in [0.15, 0.2) is 12.3 Å². The predicted molar refractivity (Wildman–Crippen MR) is 118 cm³/mol. The lowest BCUT2D eigenvalue weighted by atomic mass is 9.90. The van der Waals surface area contributed by atoms with Crippen LogP contribution < -0.4 is 10.1 Å². The summed E-state index contributed by atoms with van der Waals surface area (Å²) in [7, 11) is 1.31. The summed E-state index contributed by atoms with van der Waals surface area (Å²) >= 11 is 0. The SMILES string of the molecule is COC(=O)c1cn(C2CCCCC2NC(=O)COc2ccccc2-c2ccccc2)nn1. The van der Waals surface area contributed by atoms with E-state index in [1.54, 1.807) is 10.9 Å². The van der Waals surface area contributed by atoms with Crippen LogP contribution in [-0.2, 0) is 9.53 Å². The minimum atomic E-state index is -0.530. The molecule has 2 unspecified atom stereocenters. The third kappa shape index (κ3) is 4.96. The third-order valence-corrected chi connectivity index (χ3v) is 5.65. The fraction of sp³-hybridized carbons (Fsp3) is 0.333. The quantitative estimate of drug-likeness (QED) is 0.573. The van der Waals surface area contributed by atoms with Crippen LogP contribution >= 0.6 is 0 Å². The molecule has 8 heteroatoms. The zero-order valence-electron chi connectivity index (χ0n) is 17.9. The molecule has 0 spiro atoms. The average Bonchev–Trinajstić information content (AvgIpc) is 3.33. The first-order valence-electron chi connectivity index (χ1n) is 10.7. The lowest BCUT2D eigenvalue weighted by molar-refractivity contribution is -0.124. The van der Waals surface area contributed by atoms with Gasteiger partial charge < -0.3 is 14.8 Å². The van der Waals surface area contributed by atoms with Gasteiger partial charge in [-0.05, 0) is 24.5 Å². The molecule has 2 aromatic carbocycles. The number of amides is 1. The molecule has 1 aliphatic carbocycles. The van der Waals surface area contributed by atoms with E-state index in [2.05, 4.69) is 15.6 Å². The Labute approximate surface area is 186 Å². The molecule has 1 aromatic heterocycles. The normalized spacial score (nSPS) is 18.0. The minimum absolute atomic E-state index is 0.0739. The van der Waals surface area contributed by atoms with Crippen molar-refractivity contribution in [3.8, 4) is 16.9 Å². The van der Waals surface area contributed by atoms with Gasteiger partial charge in [0.1, 0.15) is 5.75 Å². The molecule has 1 saturated carbocycles. The number of benzene rings is 2. The van der Waals surface area contributed by atoms with Crippen molar-refractivity contribution >= 4 is 11.9 Å². The number of nitrogens with zero attached hydrogens (tertiary/aromatic N) is 3. The van der Waals surface area contributed by atoms with Gasteiger partial charge in [-0.15, -0.1) is 5.10 Å². The van der Waals surface area contributed by atoms with E-state index in [9.17, 15) is 9.59 Å². The van der Waals surface area contributed by atoms with Crippen molar-refractivity contribution in [2.45, 2.75) is 37.8 Å². The second kappa shape index (κ2) is 10.1. The molecule has 8 nitrogen and oxygen atoms in total. The Morgan fingerprint density at radius 2 is 1.81 bits per heavy atom. The Balaban J connectivity index is 1.40. The van der Waals surface area contributed by atoms with Gasteiger partial charge in [0.05, 0.1) is 25.4 Å². The van der Waals surface area contributed by atoms with Gasteiger partial charge in [-0.2, -0.15) is 0 Å². The molecule has 0 aliphatic heterocycles. The monoisotopic (exact) mass is 434 g/mol. The maximum atomic E-state index is 12.7. The van der Waals surface area contributed by atoms with E-state index in [0.29, 0.717) is 5.75 Å². The van der Waals surface area contributed by atoms with Crippen LogP contribution in [0.5, 0.6) is 5.75 Å². The third-order valence-electron chi connectivity index (χ3n) is 5.65. The van der Waals surface area contributed by atoms with Crippen LogP contribution in [0.25, 0.3) is 11.1 Å². The minimum Gasteiger partial charge on any atom is -0.483 e. The van der Waals surface area contributed by atoms with E-state index in [1.807, 2.05) is 54.6 Å². The van der Waals surface area contributed by atoms with Gasteiger partial charge >= 0.3 is 5.97 Å². The fourth-order valence-corrected chi connectivity index (χ4v) is 4.07. The van der Waals surface area contributed by atoms with Gasteiger partial charge in [-0.25, -0.2) is 9.48 Å². The summed E-state index contributed by atoms with van der Waals surface area (Å²) in [6, 6.07) is 17.4. The summed E-state index contributed by atoms with van der Waals surface area (Å²) in [5, 5.41) is 11.1. The summed E-state index contributed by atoms with van der Waals surface area (Å²) in [4.78, 5) is 24.4. The molecule has 1 fully saturated rings. The summed E-state index contributed by atoms with van der Waals surface area (Å²) in [5.41, 5.74) is 2.13. The highest BCUT2D eigenvalue weighted by Gasteiger charge is 2.29. The van der Waals surface area contributed by atoms with Crippen LogP contribution in [0.4, 0.5) is 0 Å². The molecule has 0 bridgehead atoms. The van der Waals surface area contributed by atoms with Gasteiger partial charge in [-0.3, -0.25) is 4.79 Å². The highest BCUT2D eigenvalue weighted by Crippen LogP contribution is 2.30. The molecule has 3 aromatic rings. The van der Waals surface area contributed by atoms with Gasteiger partial charge in [0, 0.05) is 5.56 Å². The highest BCUT2D eigenvalue weighted by atomic mass is 16.5. The van der Waals surface area contributed by atoms with Crippen LogP contribution in [0.15, 0.2) is 60.8 Å². The number of hydrogen-bond donors (Lipinski definition) is 1. The van der Waals surface area contributed by atoms with Crippen LogP contribution in [0.3, 0.4) is 0 Å². The summed E-state index contributed by atoms with van der Waals surface area (Å²) < 4.78 is 12.2. The molecular weight excluding hydrogens is 408 g/mol. The summed E-state index contributed by atoms with van der Waals surface area (Å²) in [6.07, 6.45) is 5.27. The number of ether oxygens (including phenoxy) is 2. The molecule has 166 valence electrons. The molecule has 1 heterocycles. The topological polar surface area (TPSA) is 95.3 Å². The molecule has 2 atom stereocenters. The molecule has 32 heavy (non-hydrogen) atoms. The van der Waals surface area contributed by atoms with Gasteiger partial charge in [0.2, 0.25) is 0 Å². The predicted octanol–water partition coefficient (Wildman–Crippen LogP) is 3.41. The number of nitrogens with one attached hydrogen (secondary N) is 1. The van der Waals surface area contributed by atoms with Crippen molar-refractivity contribution in [3.05, 3.63) is 66.5 Å². The molecule has 4 rings (SSSR count). The first-order chi connectivity index (χ1) is 15.7. The van der Waals surface area contributed by atoms with Crippen molar-refractivity contribution in [2.24, 2.45) is 0 Å². The van der Waals surface area contributed by atoms with Crippen molar-refractivity contribution in [1.82, 2.24) is 20.3 Å². The maximum Gasteiger partial charge on any atom is 0.360 e. The van der Waals surface area contributed by atoms with E-state index >= 15 is 0 Å². The van der Waals surface area contributed by atoms with Crippen molar-refractivity contribution in [1.29, 1.82) is 0 Å². The Bertz CT molecular complexity index is 1070. The number of methoxy groups -OCH3 is 1. The largest absolute Gasteiger partial charge is 0.483 e. The Morgan fingerprint density at radius 1 is 1.06 bits per heavy atom. The Morgan fingerprint density at radius 3 is 2.62 bits per heavy atom. The van der Waals surface area contributed by atoms with Gasteiger partial charge in [0.25, 0.3) is 5.91 Å². The number of carbonyl (C=O) groups is 2. The fourth-order valence-electron chi connectivity index (χ4n) is 4.07. The van der Waals surface area contributed by atoms with E-state index < -0.39 is 5.97 Å². The first kappa shape index (κ1) is 21.5. The van der Waals surface area contributed by atoms with E-state index in [1.165, 1.54) is 7.11 Å². The molecule has 0 saturated heterocycles. The van der Waals surface area contributed by atoms with Crippen LogP contribution in [0.1, 0.15) is 42.2 Å². The van der Waals surface area contributed by atoms with Crippen molar-refractivity contribution in [3.63, 3.8) is 0 Å². The number of rotatable bonds is 7. The second-order valence-electron chi connectivity index (χ2n) is 7.75. The Kier molecular flexibility index (Phi) is 6.79. The van der Waals surface area contributed by atoms with Crippen molar-refractivity contribution < 1.29 is 19.1 Å². The van der Waals surface area contributed by atoms with Gasteiger partial charge in [-0.1, -0.05) is 66.6 Å². The molecule has 1 amide bonds. The van der Waals surface area contributed by atoms with Crippen LogP contribution in [0.2, 0.25) is 0 Å². The lowest BCUT2D eigenvalue weighted by Crippen LogP contribution is -2.45. The highest BCUT2D eigenvalue weighted by molar-refractivity contribution is 5.86. The number of hydrogen-bond acceptors (Lipinski definition) is 6. The number of para-hydroxylation sites is 1. The molecule has 0 radical (unpaired) electrons. The summed E-state index contributed by atoms with van der Waals surface area (Å²) in [6.45, 7) is -0.0855. The molecule has 1 N–H and O–H groups in total. The first-order valence-corrected chi connectivity index (χ1v) is 10.7. The summed E-state index contributed by atoms with van der Waals surface area (Å²) in [5.74, 6) is -0.0655. The number of esters is 1. The van der Waals surface area contributed by atoms with Crippen LogP contribution in [-0.4, -0.2) is 46.6 Å². The smallest absolute Gasteiger partial charge is 0.360 e. The maximum absolute atomic E-state index is 12.7. The molecular formula is C24H26N4O4. The van der Waals surface area contributed by atoms with E-state index in [0.717, 1.165) is 36.8 Å². The standard InChI is InChI=1S/C24H26N4O4/c1-31-24(30)20-15-28(27-26-20)21-13-7-6-12-19(21)25-23(29)16-32-22-14-8-5-11-18(22)17-9-3-2-4-10-17/h2-5,8-11,14-15,19,21H,6-7,12-13,16H2,1H3,(H,25,29). The van der Waals surface area contributed by atoms with E-state index in [4.69, 9.17) is 9.47 Å². The lowest BCUT2D eigenvalue weighted by Gasteiger charge is -2.31. The van der Waals surface area contributed by atoms with E-state index in [-0.39, 0.29) is 30.3 Å². The number of carbonyl (C=O) groups excluding carboxylic acids is 2. The second-order valence-corrected chi connectivity index (χ2v) is 7.75.